The van der Waals surface area contributed by atoms with Gasteiger partial charge in [-0.25, -0.2) is 4.39 Å². The molecule has 9 heteroatoms. The lowest BCUT2D eigenvalue weighted by Gasteiger charge is -2.26. The van der Waals surface area contributed by atoms with Gasteiger partial charge in [-0.3, -0.25) is 4.79 Å². The first kappa shape index (κ1) is 22.6. The van der Waals surface area contributed by atoms with Gasteiger partial charge in [0.15, 0.2) is 6.61 Å². The summed E-state index contributed by atoms with van der Waals surface area (Å²) in [5, 5.41) is 22.7. The first-order chi connectivity index (χ1) is 14.4. The monoisotopic (exact) mass is 436 g/mol. The molecule has 1 unspecified atom stereocenters. The number of carbonyl (C=O) groups is 1. The smallest absolute Gasteiger partial charge is 0.422 e. The number of nitriles is 1. The van der Waals surface area contributed by atoms with E-state index < -0.39 is 35.6 Å². The number of benzene rings is 2. The summed E-state index contributed by atoms with van der Waals surface area (Å²) in [6.45, 7) is -0.0695. The van der Waals surface area contributed by atoms with Crippen molar-refractivity contribution in [3.05, 3.63) is 65.0 Å². The molecule has 2 N–H and O–H groups in total. The highest BCUT2D eigenvalue weighted by atomic mass is 19.4. The van der Waals surface area contributed by atoms with Crippen LogP contribution in [-0.4, -0.2) is 23.8 Å². The molecular formula is C22H20F4N2O3. The number of halogens is 4. The summed E-state index contributed by atoms with van der Waals surface area (Å²) in [7, 11) is 0. The third kappa shape index (κ3) is 5.73. The molecular weight excluding hydrogens is 416 g/mol. The van der Waals surface area contributed by atoms with E-state index >= 15 is 0 Å². The van der Waals surface area contributed by atoms with E-state index in [1.54, 1.807) is 0 Å². The molecule has 0 spiro atoms. The number of carbonyl (C=O) groups excluding carboxylic acids is 1. The van der Waals surface area contributed by atoms with E-state index in [1.165, 1.54) is 49.4 Å². The van der Waals surface area contributed by atoms with Gasteiger partial charge >= 0.3 is 6.18 Å². The van der Waals surface area contributed by atoms with Crippen molar-refractivity contribution in [2.24, 2.45) is 0 Å². The molecule has 31 heavy (non-hydrogen) atoms. The second kappa shape index (κ2) is 8.19. The quantitative estimate of drug-likeness (QED) is 0.642. The molecule has 1 atom stereocenters. The van der Waals surface area contributed by atoms with Gasteiger partial charge in [-0.05, 0) is 61.2 Å². The highest BCUT2D eigenvalue weighted by molar-refractivity contribution is 5.79. The standard InChI is InChI=1S/C22H20F4N2O3/c1-20(30,15-2-4-17(23)5-3-15)11-19(29)28-21(6-7-21)16-8-14(12-27)9-18(10-16)31-13-22(24,25)26/h2-5,8-10,30H,6-7,11,13H2,1H3,(H,28,29). The molecule has 1 aliphatic carbocycles. The summed E-state index contributed by atoms with van der Waals surface area (Å²) in [5.41, 5.74) is -1.47. The van der Waals surface area contributed by atoms with Gasteiger partial charge in [-0.1, -0.05) is 12.1 Å². The van der Waals surface area contributed by atoms with E-state index in [2.05, 4.69) is 5.32 Å². The fourth-order valence-electron chi connectivity index (χ4n) is 3.33. The Kier molecular flexibility index (Phi) is 5.96. The molecule has 3 rings (SSSR count). The largest absolute Gasteiger partial charge is 0.484 e. The Morgan fingerprint density at radius 3 is 2.42 bits per heavy atom. The molecule has 0 saturated heterocycles. The van der Waals surface area contributed by atoms with E-state index in [0.717, 1.165) is 0 Å². The highest BCUT2D eigenvalue weighted by Gasteiger charge is 2.47. The normalized spacial score (nSPS) is 16.7. The van der Waals surface area contributed by atoms with Crippen LogP contribution in [0, 0.1) is 17.1 Å². The first-order valence-corrected chi connectivity index (χ1v) is 9.47. The van der Waals surface area contributed by atoms with Crippen LogP contribution < -0.4 is 10.1 Å². The second-order valence-corrected chi connectivity index (χ2v) is 7.85. The highest BCUT2D eigenvalue weighted by Crippen LogP contribution is 2.47. The van der Waals surface area contributed by atoms with Gasteiger partial charge in [0, 0.05) is 0 Å². The van der Waals surface area contributed by atoms with Crippen molar-refractivity contribution < 1.29 is 32.2 Å². The average Bonchev–Trinajstić information content (AvgIpc) is 3.46. The lowest BCUT2D eigenvalue weighted by Crippen LogP contribution is -2.39. The third-order valence-corrected chi connectivity index (χ3v) is 5.09. The minimum absolute atomic E-state index is 0.105. The molecule has 1 fully saturated rings. The number of ether oxygens (including phenoxy) is 1. The van der Waals surface area contributed by atoms with Crippen molar-refractivity contribution in [3.63, 3.8) is 0 Å². The Morgan fingerprint density at radius 1 is 1.23 bits per heavy atom. The Bertz CT molecular complexity index is 1010. The molecule has 0 aromatic heterocycles. The van der Waals surface area contributed by atoms with E-state index in [-0.39, 0.29) is 17.7 Å². The van der Waals surface area contributed by atoms with Crippen LogP contribution in [0.25, 0.3) is 0 Å². The topological polar surface area (TPSA) is 82.4 Å². The van der Waals surface area contributed by atoms with Gasteiger partial charge in [-0.2, -0.15) is 18.4 Å². The molecule has 0 bridgehead atoms. The lowest BCUT2D eigenvalue weighted by atomic mass is 9.91. The van der Waals surface area contributed by atoms with E-state index in [9.17, 15) is 32.7 Å². The van der Waals surface area contributed by atoms with Crippen LogP contribution >= 0.6 is 0 Å². The Morgan fingerprint density at radius 2 is 1.87 bits per heavy atom. The fourth-order valence-corrected chi connectivity index (χ4v) is 3.33. The van der Waals surface area contributed by atoms with Crippen molar-refractivity contribution in [1.82, 2.24) is 5.32 Å². The number of aliphatic hydroxyl groups is 1. The number of hydrogen-bond acceptors (Lipinski definition) is 4. The van der Waals surface area contributed by atoms with Crippen LogP contribution in [0.15, 0.2) is 42.5 Å². The van der Waals surface area contributed by atoms with Gasteiger partial charge in [0.25, 0.3) is 0 Å². The van der Waals surface area contributed by atoms with E-state index in [4.69, 9.17) is 4.74 Å². The second-order valence-electron chi connectivity index (χ2n) is 7.85. The van der Waals surface area contributed by atoms with E-state index in [0.29, 0.717) is 24.0 Å². The van der Waals surface area contributed by atoms with Crippen LogP contribution in [0.2, 0.25) is 0 Å². The van der Waals surface area contributed by atoms with Gasteiger partial charge < -0.3 is 15.2 Å². The Balaban J connectivity index is 1.75. The molecule has 0 radical (unpaired) electrons. The zero-order valence-corrected chi connectivity index (χ0v) is 16.6. The van der Waals surface area contributed by atoms with Crippen molar-refractivity contribution in [3.8, 4) is 11.8 Å². The zero-order valence-electron chi connectivity index (χ0n) is 16.6. The molecule has 2 aromatic rings. The number of nitrogens with one attached hydrogen (secondary N) is 1. The van der Waals surface area contributed by atoms with Crippen LogP contribution in [0.4, 0.5) is 17.6 Å². The van der Waals surface area contributed by atoms with Crippen LogP contribution in [0.1, 0.15) is 42.9 Å². The number of nitrogens with zero attached hydrogens (tertiary/aromatic N) is 1. The molecule has 0 heterocycles. The molecule has 5 nitrogen and oxygen atoms in total. The molecule has 1 amide bonds. The SMILES string of the molecule is CC(O)(CC(=O)NC1(c2cc(C#N)cc(OCC(F)(F)F)c2)CC1)c1ccc(F)cc1. The predicted molar refractivity (Wildman–Crippen MR) is 102 cm³/mol. The maximum absolute atomic E-state index is 13.1. The van der Waals surface area contributed by atoms with Crippen LogP contribution in [0.3, 0.4) is 0 Å². The average molecular weight is 436 g/mol. The fraction of sp³-hybridized carbons (Fsp3) is 0.364. The molecule has 1 aliphatic rings. The summed E-state index contributed by atoms with van der Waals surface area (Å²) in [6.07, 6.45) is -3.80. The van der Waals surface area contributed by atoms with Gasteiger partial charge in [0.05, 0.1) is 29.2 Å². The third-order valence-electron chi connectivity index (χ3n) is 5.09. The summed E-state index contributed by atoms with van der Waals surface area (Å²) in [6, 6.07) is 11.1. The summed E-state index contributed by atoms with van der Waals surface area (Å²) >= 11 is 0. The minimum atomic E-state index is -4.53. The van der Waals surface area contributed by atoms with Crippen molar-refractivity contribution in [1.29, 1.82) is 5.26 Å². The number of amides is 1. The van der Waals surface area contributed by atoms with Gasteiger partial charge in [0.1, 0.15) is 11.6 Å². The number of alkyl halides is 3. The molecule has 2 aromatic carbocycles. The summed E-state index contributed by atoms with van der Waals surface area (Å²) in [5.74, 6) is -1.08. The predicted octanol–water partition coefficient (Wildman–Crippen LogP) is 4.04. The molecule has 0 aliphatic heterocycles. The van der Waals surface area contributed by atoms with E-state index in [1.807, 2.05) is 6.07 Å². The van der Waals surface area contributed by atoms with Crippen molar-refractivity contribution in [2.75, 3.05) is 6.61 Å². The Labute approximate surface area is 176 Å². The number of hydrogen-bond donors (Lipinski definition) is 2. The van der Waals surface area contributed by atoms with Crippen LogP contribution in [-0.2, 0) is 15.9 Å². The van der Waals surface area contributed by atoms with Crippen molar-refractivity contribution >= 4 is 5.91 Å². The van der Waals surface area contributed by atoms with Gasteiger partial charge in [-0.15, -0.1) is 0 Å². The lowest BCUT2D eigenvalue weighted by molar-refractivity contribution is -0.153. The molecule has 164 valence electrons. The van der Waals surface area contributed by atoms with Crippen molar-refractivity contribution in [2.45, 2.75) is 43.5 Å². The maximum Gasteiger partial charge on any atom is 0.422 e. The minimum Gasteiger partial charge on any atom is -0.484 e. The first-order valence-electron chi connectivity index (χ1n) is 9.47. The van der Waals surface area contributed by atoms with Crippen LogP contribution in [0.5, 0.6) is 5.75 Å². The molecule has 1 saturated carbocycles. The Hall–Kier alpha value is -3.12. The summed E-state index contributed by atoms with van der Waals surface area (Å²) < 4.78 is 55.3. The maximum atomic E-state index is 13.1. The number of rotatable bonds is 7. The zero-order chi connectivity index (χ0) is 22.9. The summed E-state index contributed by atoms with van der Waals surface area (Å²) in [4.78, 5) is 12.6. The van der Waals surface area contributed by atoms with Gasteiger partial charge in [0.2, 0.25) is 5.91 Å².